The van der Waals surface area contributed by atoms with Crippen molar-refractivity contribution >= 4 is 0 Å². The molecule has 0 radical (unpaired) electrons. The van der Waals surface area contributed by atoms with Crippen LogP contribution in [-0.2, 0) is 6.54 Å². The Balaban J connectivity index is 1.85. The highest BCUT2D eigenvalue weighted by Crippen LogP contribution is 2.31. The van der Waals surface area contributed by atoms with E-state index in [9.17, 15) is 0 Å². The zero-order valence-corrected chi connectivity index (χ0v) is 13.4. The van der Waals surface area contributed by atoms with Crippen LogP contribution in [0.4, 0.5) is 0 Å². The summed E-state index contributed by atoms with van der Waals surface area (Å²) >= 11 is 0. The first-order chi connectivity index (χ1) is 10.8. The van der Waals surface area contributed by atoms with Gasteiger partial charge in [-0.15, -0.1) is 0 Å². The molecule has 1 aliphatic heterocycles. The van der Waals surface area contributed by atoms with E-state index in [4.69, 9.17) is 4.74 Å². The van der Waals surface area contributed by atoms with E-state index in [1.54, 1.807) is 7.11 Å². The van der Waals surface area contributed by atoms with E-state index in [-0.39, 0.29) is 0 Å². The van der Waals surface area contributed by atoms with E-state index in [0.29, 0.717) is 6.04 Å². The van der Waals surface area contributed by atoms with Crippen LogP contribution >= 0.6 is 0 Å². The zero-order valence-electron chi connectivity index (χ0n) is 13.4. The number of aryl methyl sites for hydroxylation is 1. The monoisotopic (exact) mass is 296 g/mol. The summed E-state index contributed by atoms with van der Waals surface area (Å²) < 4.78 is 5.56. The summed E-state index contributed by atoms with van der Waals surface area (Å²) in [5.74, 6) is 0.977. The summed E-state index contributed by atoms with van der Waals surface area (Å²) in [6, 6.07) is 17.5. The molecule has 22 heavy (non-hydrogen) atoms. The second-order valence-corrected chi connectivity index (χ2v) is 5.92. The van der Waals surface area contributed by atoms with Crippen molar-refractivity contribution in [3.05, 3.63) is 65.2 Å². The molecule has 3 nitrogen and oxygen atoms in total. The standard InChI is InChI=1S/C19H24N2O/c1-15-6-5-7-16(12-15)14-21-11-10-20-13-18(21)17-8-3-4-9-19(17)22-2/h3-9,12,18,20H,10-11,13-14H2,1-2H3. The van der Waals surface area contributed by atoms with E-state index in [2.05, 4.69) is 59.6 Å². The number of rotatable bonds is 4. The normalized spacial score (nSPS) is 19.1. The number of methoxy groups -OCH3 is 1. The quantitative estimate of drug-likeness (QED) is 0.938. The highest BCUT2D eigenvalue weighted by Gasteiger charge is 2.26. The lowest BCUT2D eigenvalue weighted by Crippen LogP contribution is -2.45. The van der Waals surface area contributed by atoms with Crippen molar-refractivity contribution in [2.75, 3.05) is 26.7 Å². The largest absolute Gasteiger partial charge is 0.496 e. The van der Waals surface area contributed by atoms with Crippen molar-refractivity contribution in [1.29, 1.82) is 0 Å². The maximum absolute atomic E-state index is 5.56. The first-order valence-electron chi connectivity index (χ1n) is 7.91. The Hall–Kier alpha value is -1.84. The fourth-order valence-electron chi connectivity index (χ4n) is 3.23. The highest BCUT2D eigenvalue weighted by atomic mass is 16.5. The molecule has 3 rings (SSSR count). The van der Waals surface area contributed by atoms with E-state index >= 15 is 0 Å². The van der Waals surface area contributed by atoms with Gasteiger partial charge in [-0.3, -0.25) is 4.90 Å². The molecule has 1 fully saturated rings. The summed E-state index contributed by atoms with van der Waals surface area (Å²) in [5, 5.41) is 3.51. The van der Waals surface area contributed by atoms with Crippen LogP contribution in [0.15, 0.2) is 48.5 Å². The first-order valence-corrected chi connectivity index (χ1v) is 7.91. The van der Waals surface area contributed by atoms with E-state index in [1.165, 1.54) is 16.7 Å². The van der Waals surface area contributed by atoms with Crippen molar-refractivity contribution in [2.24, 2.45) is 0 Å². The van der Waals surface area contributed by atoms with Gasteiger partial charge in [-0.2, -0.15) is 0 Å². The molecule has 1 unspecified atom stereocenters. The van der Waals surface area contributed by atoms with Crippen LogP contribution in [0, 0.1) is 6.92 Å². The number of para-hydroxylation sites is 1. The molecule has 0 aliphatic carbocycles. The molecule has 1 saturated heterocycles. The number of benzene rings is 2. The van der Waals surface area contributed by atoms with Gasteiger partial charge in [-0.1, -0.05) is 48.0 Å². The lowest BCUT2D eigenvalue weighted by Gasteiger charge is -2.37. The van der Waals surface area contributed by atoms with Gasteiger partial charge in [0, 0.05) is 31.7 Å². The Morgan fingerprint density at radius 3 is 2.86 bits per heavy atom. The summed E-state index contributed by atoms with van der Waals surface area (Å²) in [6.45, 7) is 6.19. The zero-order chi connectivity index (χ0) is 15.4. The predicted octanol–water partition coefficient (Wildman–Crippen LogP) is 3.15. The SMILES string of the molecule is COc1ccccc1C1CNCCN1Cc1cccc(C)c1. The number of nitrogens with one attached hydrogen (secondary N) is 1. The lowest BCUT2D eigenvalue weighted by atomic mass is 10.0. The molecule has 0 aromatic heterocycles. The van der Waals surface area contributed by atoms with Gasteiger partial charge in [-0.05, 0) is 18.6 Å². The number of hydrogen-bond acceptors (Lipinski definition) is 3. The van der Waals surface area contributed by atoms with Crippen LogP contribution in [0.25, 0.3) is 0 Å². The molecule has 1 atom stereocenters. The average molecular weight is 296 g/mol. The van der Waals surface area contributed by atoms with Crippen LogP contribution in [0.2, 0.25) is 0 Å². The van der Waals surface area contributed by atoms with E-state index < -0.39 is 0 Å². The molecule has 1 aliphatic rings. The minimum Gasteiger partial charge on any atom is -0.496 e. The second kappa shape index (κ2) is 6.95. The first kappa shape index (κ1) is 15.1. The van der Waals surface area contributed by atoms with Gasteiger partial charge in [0.25, 0.3) is 0 Å². The van der Waals surface area contributed by atoms with Gasteiger partial charge >= 0.3 is 0 Å². The van der Waals surface area contributed by atoms with Gasteiger partial charge in [0.1, 0.15) is 5.75 Å². The maximum Gasteiger partial charge on any atom is 0.123 e. The summed E-state index contributed by atoms with van der Waals surface area (Å²) in [5.41, 5.74) is 3.97. The number of ether oxygens (including phenoxy) is 1. The maximum atomic E-state index is 5.56. The third-order valence-corrected chi connectivity index (χ3v) is 4.32. The second-order valence-electron chi connectivity index (χ2n) is 5.92. The van der Waals surface area contributed by atoms with Crippen LogP contribution in [0.3, 0.4) is 0 Å². The van der Waals surface area contributed by atoms with E-state index in [0.717, 1.165) is 31.9 Å². The van der Waals surface area contributed by atoms with E-state index in [1.807, 2.05) is 6.07 Å². The van der Waals surface area contributed by atoms with Gasteiger partial charge in [-0.25, -0.2) is 0 Å². The van der Waals surface area contributed by atoms with Gasteiger partial charge < -0.3 is 10.1 Å². The summed E-state index contributed by atoms with van der Waals surface area (Å²) in [7, 11) is 1.75. The van der Waals surface area contributed by atoms with Crippen molar-refractivity contribution in [3.8, 4) is 5.75 Å². The number of hydrogen-bond donors (Lipinski definition) is 1. The highest BCUT2D eigenvalue weighted by molar-refractivity contribution is 5.36. The van der Waals surface area contributed by atoms with Crippen LogP contribution in [0.1, 0.15) is 22.7 Å². The Morgan fingerprint density at radius 2 is 2.05 bits per heavy atom. The molecule has 2 aromatic rings. The molecule has 2 aromatic carbocycles. The van der Waals surface area contributed by atoms with Crippen molar-refractivity contribution in [1.82, 2.24) is 10.2 Å². The molecule has 0 saturated carbocycles. The fraction of sp³-hybridized carbons (Fsp3) is 0.368. The molecular formula is C19H24N2O. The van der Waals surface area contributed by atoms with Crippen molar-refractivity contribution in [2.45, 2.75) is 19.5 Å². The topological polar surface area (TPSA) is 24.5 Å². The minimum atomic E-state index is 0.352. The molecular weight excluding hydrogens is 272 g/mol. The predicted molar refractivity (Wildman–Crippen MR) is 90.2 cm³/mol. The molecule has 116 valence electrons. The Labute approximate surface area is 132 Å². The van der Waals surface area contributed by atoms with Gasteiger partial charge in [0.05, 0.1) is 13.2 Å². The molecule has 0 spiro atoms. The average Bonchev–Trinajstić information content (AvgIpc) is 2.55. The Morgan fingerprint density at radius 1 is 1.18 bits per heavy atom. The molecule has 0 bridgehead atoms. The molecule has 0 amide bonds. The summed E-state index contributed by atoms with van der Waals surface area (Å²) in [6.07, 6.45) is 0. The van der Waals surface area contributed by atoms with Gasteiger partial charge in [0.2, 0.25) is 0 Å². The number of nitrogens with zero attached hydrogens (tertiary/aromatic N) is 1. The Kier molecular flexibility index (Phi) is 4.76. The van der Waals surface area contributed by atoms with Crippen LogP contribution in [0.5, 0.6) is 5.75 Å². The molecule has 3 heteroatoms. The van der Waals surface area contributed by atoms with Gasteiger partial charge in [0.15, 0.2) is 0 Å². The Bertz CT molecular complexity index is 626. The minimum absolute atomic E-state index is 0.352. The fourth-order valence-corrected chi connectivity index (χ4v) is 3.23. The molecule has 1 heterocycles. The van der Waals surface area contributed by atoms with Crippen LogP contribution < -0.4 is 10.1 Å². The van der Waals surface area contributed by atoms with Crippen molar-refractivity contribution in [3.63, 3.8) is 0 Å². The lowest BCUT2D eigenvalue weighted by molar-refractivity contribution is 0.151. The third-order valence-electron chi connectivity index (χ3n) is 4.32. The summed E-state index contributed by atoms with van der Waals surface area (Å²) in [4.78, 5) is 2.54. The van der Waals surface area contributed by atoms with Crippen molar-refractivity contribution < 1.29 is 4.74 Å². The third kappa shape index (κ3) is 3.32. The number of piperazine rings is 1. The van der Waals surface area contributed by atoms with Crippen LogP contribution in [-0.4, -0.2) is 31.6 Å². The molecule has 1 N–H and O–H groups in total. The smallest absolute Gasteiger partial charge is 0.123 e.